The average molecular weight is 597 g/mol. The Morgan fingerprint density at radius 1 is 0.955 bits per heavy atom. The molecule has 0 amide bonds. The fraction of sp³-hybridized carbons (Fsp3) is 0.294. The number of hydrogen-bond donors (Lipinski definition) is 2. The van der Waals surface area contributed by atoms with Crippen LogP contribution in [0.25, 0.3) is 0 Å². The summed E-state index contributed by atoms with van der Waals surface area (Å²) in [5, 5.41) is 14.6. The molecule has 44 heavy (non-hydrogen) atoms. The minimum atomic E-state index is -1.03. The SMILES string of the molecule is CC1=C(C(=O)OC(C)C)C(c2cccc([N+](=O)[O-])c2)C(C(=O)OC2CCN(C(c3ccccc3)c3ccccc3)C2)=C(N)N1. The van der Waals surface area contributed by atoms with E-state index in [1.54, 1.807) is 26.8 Å². The Kier molecular flexibility index (Phi) is 9.10. The second kappa shape index (κ2) is 13.1. The summed E-state index contributed by atoms with van der Waals surface area (Å²) in [6.45, 7) is 6.27. The third-order valence-corrected chi connectivity index (χ3v) is 7.84. The van der Waals surface area contributed by atoms with Gasteiger partial charge < -0.3 is 20.5 Å². The number of carbonyl (C=O) groups is 2. The third kappa shape index (κ3) is 6.50. The number of nitrogens with two attached hydrogens (primary N) is 1. The van der Waals surface area contributed by atoms with Crippen molar-refractivity contribution in [2.45, 2.75) is 51.4 Å². The number of benzene rings is 3. The lowest BCUT2D eigenvalue weighted by Gasteiger charge is -2.31. The van der Waals surface area contributed by atoms with Crippen molar-refractivity contribution in [2.75, 3.05) is 13.1 Å². The van der Waals surface area contributed by atoms with E-state index < -0.39 is 35.0 Å². The van der Waals surface area contributed by atoms with Gasteiger partial charge in [0, 0.05) is 30.9 Å². The molecule has 3 N–H and O–H groups in total. The van der Waals surface area contributed by atoms with E-state index in [1.807, 2.05) is 36.4 Å². The van der Waals surface area contributed by atoms with Crippen LogP contribution in [0.2, 0.25) is 0 Å². The lowest BCUT2D eigenvalue weighted by molar-refractivity contribution is -0.384. The third-order valence-electron chi connectivity index (χ3n) is 7.84. The summed E-state index contributed by atoms with van der Waals surface area (Å²) in [6.07, 6.45) is -0.276. The highest BCUT2D eigenvalue weighted by Gasteiger charge is 2.41. The van der Waals surface area contributed by atoms with Gasteiger partial charge >= 0.3 is 11.9 Å². The van der Waals surface area contributed by atoms with E-state index in [-0.39, 0.29) is 28.7 Å². The van der Waals surface area contributed by atoms with Gasteiger partial charge in [-0.15, -0.1) is 0 Å². The van der Waals surface area contributed by atoms with Gasteiger partial charge in [-0.05, 0) is 43.9 Å². The van der Waals surface area contributed by atoms with Crippen molar-refractivity contribution in [2.24, 2.45) is 5.73 Å². The van der Waals surface area contributed by atoms with Crippen LogP contribution >= 0.6 is 0 Å². The molecule has 3 aromatic rings. The average Bonchev–Trinajstić information content (AvgIpc) is 3.45. The van der Waals surface area contributed by atoms with Crippen molar-refractivity contribution in [3.05, 3.63) is 134 Å². The molecule has 2 aliphatic heterocycles. The van der Waals surface area contributed by atoms with Crippen molar-refractivity contribution in [3.8, 4) is 0 Å². The molecule has 0 radical (unpaired) electrons. The van der Waals surface area contributed by atoms with Crippen LogP contribution in [0, 0.1) is 10.1 Å². The van der Waals surface area contributed by atoms with Gasteiger partial charge in [0.25, 0.3) is 5.69 Å². The van der Waals surface area contributed by atoms with Crippen molar-refractivity contribution >= 4 is 17.6 Å². The van der Waals surface area contributed by atoms with E-state index in [2.05, 4.69) is 34.5 Å². The molecule has 1 saturated heterocycles. The molecule has 3 aromatic carbocycles. The number of esters is 2. The molecule has 2 unspecified atom stereocenters. The molecule has 0 spiro atoms. The van der Waals surface area contributed by atoms with Gasteiger partial charge in [0.1, 0.15) is 11.9 Å². The van der Waals surface area contributed by atoms with E-state index in [1.165, 1.54) is 18.2 Å². The summed E-state index contributed by atoms with van der Waals surface area (Å²) in [4.78, 5) is 40.7. The molecule has 2 atom stereocenters. The van der Waals surface area contributed by atoms with Crippen LogP contribution in [0.5, 0.6) is 0 Å². The summed E-state index contributed by atoms with van der Waals surface area (Å²) >= 11 is 0. The van der Waals surface area contributed by atoms with Crippen LogP contribution in [0.15, 0.2) is 108 Å². The van der Waals surface area contributed by atoms with Crippen LogP contribution in [0.1, 0.15) is 55.8 Å². The molecule has 1 fully saturated rings. The number of rotatable bonds is 9. The van der Waals surface area contributed by atoms with Crippen molar-refractivity contribution in [1.82, 2.24) is 10.2 Å². The Bertz CT molecular complexity index is 1560. The van der Waals surface area contributed by atoms with E-state index >= 15 is 0 Å². The number of allylic oxidation sites excluding steroid dienone is 1. The highest BCUT2D eigenvalue weighted by atomic mass is 16.6. The molecule has 5 rings (SSSR count). The summed E-state index contributed by atoms with van der Waals surface area (Å²) < 4.78 is 11.6. The first-order valence-electron chi connectivity index (χ1n) is 14.6. The van der Waals surface area contributed by atoms with Gasteiger partial charge in [-0.25, -0.2) is 9.59 Å². The van der Waals surface area contributed by atoms with E-state index in [9.17, 15) is 19.7 Å². The smallest absolute Gasteiger partial charge is 0.338 e. The number of nitro benzene ring substituents is 1. The number of nitro groups is 1. The first-order chi connectivity index (χ1) is 21.1. The second-order valence-electron chi connectivity index (χ2n) is 11.3. The Hall–Kier alpha value is -4.96. The summed E-state index contributed by atoms with van der Waals surface area (Å²) in [5.41, 5.74) is 9.38. The van der Waals surface area contributed by atoms with Crippen LogP contribution in [0.3, 0.4) is 0 Å². The predicted molar refractivity (Wildman–Crippen MR) is 165 cm³/mol. The van der Waals surface area contributed by atoms with Crippen LogP contribution in [-0.2, 0) is 19.1 Å². The van der Waals surface area contributed by atoms with Gasteiger partial charge in [0.05, 0.1) is 34.1 Å². The molecule has 10 nitrogen and oxygen atoms in total. The Labute approximate surface area is 256 Å². The van der Waals surface area contributed by atoms with Crippen LogP contribution < -0.4 is 11.1 Å². The molecule has 0 saturated carbocycles. The normalized spacial score (nSPS) is 18.8. The standard InChI is InChI=1S/C34H36N4O6/c1-21(2)43-33(39)28-22(3)36-32(35)30(29(28)25-15-10-16-26(19-25)38(41)42)34(40)44-27-17-18-37(20-27)31(23-11-6-4-7-12-23)24-13-8-5-9-14-24/h4-16,19,21,27,29,31,36H,17-18,20,35H2,1-3H3. The second-order valence-corrected chi connectivity index (χ2v) is 11.3. The maximum Gasteiger partial charge on any atom is 0.338 e. The number of nitrogens with one attached hydrogen (secondary N) is 1. The molecule has 228 valence electrons. The minimum Gasteiger partial charge on any atom is -0.460 e. The first kappa shape index (κ1) is 30.5. The zero-order valence-corrected chi connectivity index (χ0v) is 24.9. The van der Waals surface area contributed by atoms with Crippen molar-refractivity contribution in [3.63, 3.8) is 0 Å². The molecule has 2 aliphatic rings. The Morgan fingerprint density at radius 3 is 2.18 bits per heavy atom. The topological polar surface area (TPSA) is 137 Å². The first-order valence-corrected chi connectivity index (χ1v) is 14.6. The maximum atomic E-state index is 14.0. The van der Waals surface area contributed by atoms with Crippen molar-refractivity contribution in [1.29, 1.82) is 0 Å². The minimum absolute atomic E-state index is 0.00734. The van der Waals surface area contributed by atoms with Crippen LogP contribution in [-0.4, -0.2) is 47.1 Å². The number of hydrogen-bond acceptors (Lipinski definition) is 9. The fourth-order valence-electron chi connectivity index (χ4n) is 5.96. The quantitative estimate of drug-likeness (QED) is 0.197. The molecule has 0 aliphatic carbocycles. The number of likely N-dealkylation sites (tertiary alicyclic amines) is 1. The van der Waals surface area contributed by atoms with Crippen LogP contribution in [0.4, 0.5) is 5.69 Å². The Balaban J connectivity index is 1.44. The lowest BCUT2D eigenvalue weighted by Crippen LogP contribution is -2.37. The maximum absolute atomic E-state index is 14.0. The molecular formula is C34H36N4O6. The highest BCUT2D eigenvalue weighted by molar-refractivity contribution is 6.00. The number of carbonyl (C=O) groups excluding carboxylic acids is 2. The molecule has 0 aromatic heterocycles. The zero-order valence-electron chi connectivity index (χ0n) is 24.9. The molecular weight excluding hydrogens is 560 g/mol. The number of nitrogens with zero attached hydrogens (tertiary/aromatic N) is 2. The lowest BCUT2D eigenvalue weighted by atomic mass is 9.81. The summed E-state index contributed by atoms with van der Waals surface area (Å²) in [5.74, 6) is -2.36. The number of ether oxygens (including phenoxy) is 2. The fourth-order valence-corrected chi connectivity index (χ4v) is 5.96. The van der Waals surface area contributed by atoms with E-state index in [4.69, 9.17) is 15.2 Å². The van der Waals surface area contributed by atoms with Crippen molar-refractivity contribution < 1.29 is 24.0 Å². The van der Waals surface area contributed by atoms with Gasteiger partial charge in [0.2, 0.25) is 0 Å². The highest BCUT2D eigenvalue weighted by Crippen LogP contribution is 2.40. The number of non-ortho nitro benzene ring substituents is 1. The van der Waals surface area contributed by atoms with E-state index in [0.29, 0.717) is 30.8 Å². The molecule has 0 bridgehead atoms. The van der Waals surface area contributed by atoms with E-state index in [0.717, 1.165) is 11.1 Å². The van der Waals surface area contributed by atoms with Gasteiger partial charge in [0.15, 0.2) is 0 Å². The van der Waals surface area contributed by atoms with Gasteiger partial charge in [-0.1, -0.05) is 72.8 Å². The summed E-state index contributed by atoms with van der Waals surface area (Å²) in [6, 6.07) is 26.2. The predicted octanol–water partition coefficient (Wildman–Crippen LogP) is 5.08. The molecule has 2 heterocycles. The largest absolute Gasteiger partial charge is 0.460 e. The molecule has 10 heteroatoms. The van der Waals surface area contributed by atoms with Gasteiger partial charge in [-0.2, -0.15) is 0 Å². The monoisotopic (exact) mass is 596 g/mol. The van der Waals surface area contributed by atoms with Gasteiger partial charge in [-0.3, -0.25) is 15.0 Å². The zero-order chi connectivity index (χ0) is 31.4. The number of dihydropyridines is 1. The summed E-state index contributed by atoms with van der Waals surface area (Å²) in [7, 11) is 0. The Morgan fingerprint density at radius 2 is 1.59 bits per heavy atom.